The minimum atomic E-state index is 0.247. The first-order chi connectivity index (χ1) is 7.68. The van der Waals surface area contributed by atoms with Gasteiger partial charge < -0.3 is 10.6 Å². The van der Waals surface area contributed by atoms with Gasteiger partial charge in [0.1, 0.15) is 0 Å². The van der Waals surface area contributed by atoms with Gasteiger partial charge in [-0.05, 0) is 36.6 Å². The van der Waals surface area contributed by atoms with Crippen LogP contribution in [0.4, 0.5) is 0 Å². The van der Waals surface area contributed by atoms with E-state index in [-0.39, 0.29) is 5.41 Å². The van der Waals surface area contributed by atoms with E-state index in [0.717, 1.165) is 23.4 Å². The Hall–Kier alpha value is -0.570. The Balaban J connectivity index is 1.91. The normalized spacial score (nSPS) is 37.4. The lowest BCUT2D eigenvalue weighted by Crippen LogP contribution is -2.33. The molecule has 2 aliphatic rings. The molecule has 2 unspecified atom stereocenters. The second-order valence-corrected chi connectivity index (χ2v) is 5.62. The maximum absolute atomic E-state index is 6.02. The number of likely N-dealkylation sites (tertiary alicyclic amines) is 1. The van der Waals surface area contributed by atoms with Crippen molar-refractivity contribution in [2.45, 2.75) is 5.41 Å². The van der Waals surface area contributed by atoms with E-state index < -0.39 is 0 Å². The molecule has 0 bridgehead atoms. The summed E-state index contributed by atoms with van der Waals surface area (Å²) >= 11 is 5.93. The van der Waals surface area contributed by atoms with E-state index in [4.69, 9.17) is 17.3 Å². The highest BCUT2D eigenvalue weighted by Gasteiger charge is 2.67. The van der Waals surface area contributed by atoms with Crippen molar-refractivity contribution in [1.29, 1.82) is 0 Å². The number of hydrogen-bond donors (Lipinski definition) is 1. The van der Waals surface area contributed by atoms with Gasteiger partial charge >= 0.3 is 0 Å². The van der Waals surface area contributed by atoms with Gasteiger partial charge in [-0.15, -0.1) is 0 Å². The van der Waals surface area contributed by atoms with Crippen LogP contribution in [0.3, 0.4) is 0 Å². The van der Waals surface area contributed by atoms with Gasteiger partial charge in [0.2, 0.25) is 0 Å². The predicted molar refractivity (Wildman–Crippen MR) is 66.7 cm³/mol. The number of rotatable bonds is 2. The Morgan fingerprint density at radius 2 is 1.88 bits per heavy atom. The zero-order valence-corrected chi connectivity index (χ0v) is 10.2. The molecule has 3 heteroatoms. The Labute approximate surface area is 101 Å². The minimum Gasteiger partial charge on any atom is -0.330 e. The maximum atomic E-state index is 6.02. The van der Waals surface area contributed by atoms with Crippen molar-refractivity contribution < 1.29 is 0 Å². The van der Waals surface area contributed by atoms with Crippen LogP contribution >= 0.6 is 11.6 Å². The molecule has 0 radical (unpaired) electrons. The lowest BCUT2D eigenvalue weighted by atomic mass is 9.90. The van der Waals surface area contributed by atoms with Crippen molar-refractivity contribution in [2.24, 2.45) is 17.6 Å². The van der Waals surface area contributed by atoms with Crippen LogP contribution in [0.25, 0.3) is 0 Å². The SMILES string of the molecule is CN1CC2C(C1)C2(CN)c1ccc(Cl)cc1. The van der Waals surface area contributed by atoms with Gasteiger partial charge in [-0.2, -0.15) is 0 Å². The summed E-state index contributed by atoms with van der Waals surface area (Å²) in [6.45, 7) is 3.13. The highest BCUT2D eigenvalue weighted by atomic mass is 35.5. The molecular weight excluding hydrogens is 220 g/mol. The Bertz CT molecular complexity index is 389. The summed E-state index contributed by atoms with van der Waals surface area (Å²) in [5.41, 5.74) is 7.65. The van der Waals surface area contributed by atoms with Crippen molar-refractivity contribution in [1.82, 2.24) is 4.90 Å². The van der Waals surface area contributed by atoms with Crippen molar-refractivity contribution >= 4 is 11.6 Å². The molecule has 1 aromatic carbocycles. The fourth-order valence-electron chi connectivity index (χ4n) is 3.54. The lowest BCUT2D eigenvalue weighted by Gasteiger charge is -2.23. The third-order valence-electron chi connectivity index (χ3n) is 4.44. The summed E-state index contributed by atoms with van der Waals surface area (Å²) < 4.78 is 0. The van der Waals surface area contributed by atoms with Crippen LogP contribution in [0, 0.1) is 11.8 Å². The van der Waals surface area contributed by atoms with Gasteiger partial charge in [0, 0.05) is 30.1 Å². The molecule has 1 saturated carbocycles. The van der Waals surface area contributed by atoms with Crippen molar-refractivity contribution in [3.05, 3.63) is 34.9 Å². The first kappa shape index (κ1) is 10.6. The second kappa shape index (κ2) is 3.46. The van der Waals surface area contributed by atoms with E-state index in [1.54, 1.807) is 0 Å². The number of nitrogens with two attached hydrogens (primary N) is 1. The Kier molecular flexibility index (Phi) is 2.29. The van der Waals surface area contributed by atoms with Gasteiger partial charge in [-0.25, -0.2) is 0 Å². The molecule has 2 N–H and O–H groups in total. The predicted octanol–water partition coefficient (Wildman–Crippen LogP) is 1.73. The Morgan fingerprint density at radius 3 is 2.38 bits per heavy atom. The molecule has 1 aliphatic heterocycles. The van der Waals surface area contributed by atoms with Crippen LogP contribution in [0.1, 0.15) is 5.56 Å². The van der Waals surface area contributed by atoms with Crippen molar-refractivity contribution in [3.8, 4) is 0 Å². The average Bonchev–Trinajstić information content (AvgIpc) is 2.67. The fourth-order valence-corrected chi connectivity index (χ4v) is 3.67. The van der Waals surface area contributed by atoms with Crippen molar-refractivity contribution in [2.75, 3.05) is 26.7 Å². The molecule has 1 heterocycles. The van der Waals surface area contributed by atoms with Crippen LogP contribution < -0.4 is 5.73 Å². The summed E-state index contributed by atoms with van der Waals surface area (Å²) in [7, 11) is 2.19. The van der Waals surface area contributed by atoms with Crippen LogP contribution in [-0.2, 0) is 5.41 Å². The number of nitrogens with zero attached hydrogens (tertiary/aromatic N) is 1. The van der Waals surface area contributed by atoms with Crippen LogP contribution in [0.5, 0.6) is 0 Å². The smallest absolute Gasteiger partial charge is 0.0406 e. The molecule has 86 valence electrons. The van der Waals surface area contributed by atoms with Gasteiger partial charge in [-0.3, -0.25) is 0 Å². The van der Waals surface area contributed by atoms with Crippen LogP contribution in [0.15, 0.2) is 24.3 Å². The number of benzene rings is 1. The summed E-state index contributed by atoms with van der Waals surface area (Å²) in [6.07, 6.45) is 0. The molecular formula is C13H17ClN2. The molecule has 2 fully saturated rings. The standard InChI is InChI=1S/C13H17ClN2/c1-16-6-11-12(7-16)13(11,8-15)9-2-4-10(14)5-3-9/h2-5,11-12H,6-8,15H2,1H3. The summed E-state index contributed by atoms with van der Waals surface area (Å²) in [6, 6.07) is 8.25. The molecule has 3 rings (SSSR count). The van der Waals surface area contributed by atoms with E-state index >= 15 is 0 Å². The molecule has 2 atom stereocenters. The number of piperidine rings is 1. The van der Waals surface area contributed by atoms with Gasteiger partial charge in [0.05, 0.1) is 0 Å². The first-order valence-corrected chi connectivity index (χ1v) is 6.21. The molecule has 0 aromatic heterocycles. The van der Waals surface area contributed by atoms with Crippen LogP contribution in [-0.4, -0.2) is 31.6 Å². The first-order valence-electron chi connectivity index (χ1n) is 5.83. The lowest BCUT2D eigenvalue weighted by molar-refractivity contribution is 0.326. The zero-order chi connectivity index (χ0) is 11.3. The third-order valence-corrected chi connectivity index (χ3v) is 4.69. The van der Waals surface area contributed by atoms with Gasteiger partial charge in [-0.1, -0.05) is 23.7 Å². The van der Waals surface area contributed by atoms with E-state index in [1.807, 2.05) is 12.1 Å². The molecule has 0 spiro atoms. The van der Waals surface area contributed by atoms with E-state index in [9.17, 15) is 0 Å². The van der Waals surface area contributed by atoms with E-state index in [0.29, 0.717) is 0 Å². The minimum absolute atomic E-state index is 0.247. The summed E-state index contributed by atoms with van der Waals surface area (Å²) in [5, 5.41) is 0.804. The average molecular weight is 237 g/mol. The second-order valence-electron chi connectivity index (χ2n) is 5.19. The highest BCUT2D eigenvalue weighted by Crippen LogP contribution is 2.62. The van der Waals surface area contributed by atoms with Crippen molar-refractivity contribution in [3.63, 3.8) is 0 Å². The molecule has 1 aromatic rings. The maximum Gasteiger partial charge on any atom is 0.0406 e. The van der Waals surface area contributed by atoms with Gasteiger partial charge in [0.25, 0.3) is 0 Å². The molecule has 16 heavy (non-hydrogen) atoms. The Morgan fingerprint density at radius 1 is 1.31 bits per heavy atom. The number of fused-ring (bicyclic) bond motifs is 1. The molecule has 2 nitrogen and oxygen atoms in total. The quantitative estimate of drug-likeness (QED) is 0.848. The third kappa shape index (κ3) is 1.27. The van der Waals surface area contributed by atoms with Gasteiger partial charge in [0.15, 0.2) is 0 Å². The molecule has 1 saturated heterocycles. The number of hydrogen-bond acceptors (Lipinski definition) is 2. The summed E-state index contributed by atoms with van der Waals surface area (Å²) in [5.74, 6) is 1.51. The monoisotopic (exact) mass is 236 g/mol. The fraction of sp³-hybridized carbons (Fsp3) is 0.538. The largest absolute Gasteiger partial charge is 0.330 e. The van der Waals surface area contributed by atoms with E-state index in [1.165, 1.54) is 18.7 Å². The summed E-state index contributed by atoms with van der Waals surface area (Å²) in [4.78, 5) is 2.40. The molecule has 0 amide bonds. The highest BCUT2D eigenvalue weighted by molar-refractivity contribution is 6.30. The van der Waals surface area contributed by atoms with Crippen LogP contribution in [0.2, 0.25) is 5.02 Å². The molecule has 1 aliphatic carbocycles. The van der Waals surface area contributed by atoms with E-state index in [2.05, 4.69) is 24.1 Å². The number of halogens is 1. The zero-order valence-electron chi connectivity index (χ0n) is 9.49. The topological polar surface area (TPSA) is 29.3 Å².